The van der Waals surface area contributed by atoms with Gasteiger partial charge < -0.3 is 14.3 Å². The van der Waals surface area contributed by atoms with E-state index in [1.807, 2.05) is 0 Å². The van der Waals surface area contributed by atoms with Crippen LogP contribution in [0.4, 0.5) is 4.39 Å². The van der Waals surface area contributed by atoms with Gasteiger partial charge in [0.2, 0.25) is 5.89 Å². The Morgan fingerprint density at radius 3 is 3.07 bits per heavy atom. The second-order valence-corrected chi connectivity index (χ2v) is 7.39. The summed E-state index contributed by atoms with van der Waals surface area (Å²) in [6.45, 7) is 2.05. The van der Waals surface area contributed by atoms with Crippen LogP contribution in [0.2, 0.25) is 0 Å². The summed E-state index contributed by atoms with van der Waals surface area (Å²) in [4.78, 5) is 22.3. The van der Waals surface area contributed by atoms with E-state index in [0.29, 0.717) is 41.3 Å². The Hall–Kier alpha value is -3.13. The molecule has 0 saturated carbocycles. The van der Waals surface area contributed by atoms with Crippen LogP contribution in [0.1, 0.15) is 51.2 Å². The SMILES string of the molecule is Cc1nnc(C(=O)N2CCc3[nH]cnc3[C@@H]2c2cc3c(C(F)P)cccn3n2)o1. The summed E-state index contributed by atoms with van der Waals surface area (Å²) < 4.78 is 21.0. The number of hydrogen-bond acceptors (Lipinski definition) is 6. The molecule has 0 fully saturated rings. The van der Waals surface area contributed by atoms with Crippen LogP contribution in [0.25, 0.3) is 5.52 Å². The van der Waals surface area contributed by atoms with Crippen molar-refractivity contribution in [3.63, 3.8) is 0 Å². The van der Waals surface area contributed by atoms with Crippen LogP contribution < -0.4 is 0 Å². The molecule has 0 radical (unpaired) electrons. The van der Waals surface area contributed by atoms with Gasteiger partial charge in [-0.05, 0) is 12.1 Å². The molecular weight excluding hydrogens is 396 g/mol. The molecule has 4 aromatic heterocycles. The van der Waals surface area contributed by atoms with E-state index in [0.717, 1.165) is 5.69 Å². The summed E-state index contributed by atoms with van der Waals surface area (Å²) >= 11 is 0. The predicted octanol–water partition coefficient (Wildman–Crippen LogP) is 2.38. The highest BCUT2D eigenvalue weighted by Crippen LogP contribution is 2.36. The van der Waals surface area contributed by atoms with Crippen LogP contribution in [0.15, 0.2) is 35.1 Å². The number of halogens is 1. The van der Waals surface area contributed by atoms with Crippen LogP contribution in [0.5, 0.6) is 0 Å². The van der Waals surface area contributed by atoms with Gasteiger partial charge in [0.05, 0.1) is 23.2 Å². The average molecular weight is 413 g/mol. The second kappa shape index (κ2) is 6.73. The van der Waals surface area contributed by atoms with Crippen molar-refractivity contribution in [1.29, 1.82) is 0 Å². The third-order valence-electron chi connectivity index (χ3n) is 5.03. The zero-order valence-corrected chi connectivity index (χ0v) is 16.6. The van der Waals surface area contributed by atoms with Gasteiger partial charge in [0.15, 0.2) is 0 Å². The molecule has 2 unspecified atom stereocenters. The van der Waals surface area contributed by atoms with E-state index in [-0.39, 0.29) is 5.89 Å². The molecule has 1 N–H and O–H groups in total. The first-order valence-corrected chi connectivity index (χ1v) is 9.70. The fourth-order valence-electron chi connectivity index (χ4n) is 3.72. The number of aromatic amines is 1. The number of fused-ring (bicyclic) bond motifs is 2. The minimum atomic E-state index is -1.23. The van der Waals surface area contributed by atoms with Crippen molar-refractivity contribution in [2.75, 3.05) is 6.54 Å². The molecule has 0 spiro atoms. The zero-order chi connectivity index (χ0) is 20.1. The third kappa shape index (κ3) is 2.91. The molecule has 5 rings (SSSR count). The van der Waals surface area contributed by atoms with Crippen LogP contribution in [-0.2, 0) is 6.42 Å². The summed E-state index contributed by atoms with van der Waals surface area (Å²) in [7, 11) is 2.15. The van der Waals surface area contributed by atoms with Crippen molar-refractivity contribution in [3.8, 4) is 0 Å². The first kappa shape index (κ1) is 17.9. The fraction of sp³-hybridized carbons (Fsp3) is 0.278. The molecule has 148 valence electrons. The Bertz CT molecular complexity index is 1210. The first-order chi connectivity index (χ1) is 14.0. The van der Waals surface area contributed by atoms with Crippen molar-refractivity contribution in [2.45, 2.75) is 25.3 Å². The van der Waals surface area contributed by atoms with Gasteiger partial charge >= 0.3 is 11.8 Å². The van der Waals surface area contributed by atoms with Gasteiger partial charge in [-0.25, -0.2) is 13.9 Å². The fourth-order valence-corrected chi connectivity index (χ4v) is 4.01. The minimum Gasteiger partial charge on any atom is -0.417 e. The molecule has 11 heteroatoms. The third-order valence-corrected chi connectivity index (χ3v) is 5.38. The lowest BCUT2D eigenvalue weighted by Crippen LogP contribution is -2.41. The van der Waals surface area contributed by atoms with Crippen molar-refractivity contribution >= 4 is 20.7 Å². The quantitative estimate of drug-likeness (QED) is 0.517. The first-order valence-electron chi connectivity index (χ1n) is 9.04. The Balaban J connectivity index is 1.64. The van der Waals surface area contributed by atoms with E-state index in [9.17, 15) is 9.18 Å². The molecule has 3 atom stereocenters. The molecule has 0 aliphatic carbocycles. The summed E-state index contributed by atoms with van der Waals surface area (Å²) in [5.74, 6) is -1.38. The molecule has 9 nitrogen and oxygen atoms in total. The van der Waals surface area contributed by atoms with Crippen LogP contribution in [-0.4, -0.2) is 47.1 Å². The van der Waals surface area contributed by atoms with Crippen LogP contribution >= 0.6 is 9.24 Å². The number of rotatable bonds is 3. The second-order valence-electron chi connectivity index (χ2n) is 6.81. The molecule has 0 aromatic carbocycles. The summed E-state index contributed by atoms with van der Waals surface area (Å²) in [5, 5.41) is 12.2. The Morgan fingerprint density at radius 2 is 2.31 bits per heavy atom. The molecule has 4 aromatic rings. The number of hydrogen-bond donors (Lipinski definition) is 1. The Labute approximate surface area is 166 Å². The number of carbonyl (C=O) groups excluding carboxylic acids is 1. The molecule has 1 aliphatic rings. The monoisotopic (exact) mass is 413 g/mol. The highest BCUT2D eigenvalue weighted by atomic mass is 31.0. The van der Waals surface area contributed by atoms with E-state index in [1.165, 1.54) is 0 Å². The maximum Gasteiger partial charge on any atom is 0.312 e. The molecule has 1 amide bonds. The van der Waals surface area contributed by atoms with Gasteiger partial charge in [-0.3, -0.25) is 4.79 Å². The highest BCUT2D eigenvalue weighted by molar-refractivity contribution is 7.16. The van der Waals surface area contributed by atoms with Gasteiger partial charge in [-0.2, -0.15) is 5.10 Å². The topological polar surface area (TPSA) is 105 Å². The van der Waals surface area contributed by atoms with Crippen molar-refractivity contribution in [1.82, 2.24) is 34.7 Å². The molecule has 29 heavy (non-hydrogen) atoms. The minimum absolute atomic E-state index is 0.0790. The van der Waals surface area contributed by atoms with Gasteiger partial charge in [-0.1, -0.05) is 15.3 Å². The van der Waals surface area contributed by atoms with E-state index < -0.39 is 17.9 Å². The van der Waals surface area contributed by atoms with Crippen LogP contribution in [0.3, 0.4) is 0 Å². The lowest BCUT2D eigenvalue weighted by atomic mass is 9.99. The number of carbonyl (C=O) groups is 1. The number of imidazole rings is 1. The molecule has 0 bridgehead atoms. The van der Waals surface area contributed by atoms with E-state index in [2.05, 4.69) is 34.5 Å². The summed E-state index contributed by atoms with van der Waals surface area (Å²) in [6.07, 6.45) is 3.96. The van der Waals surface area contributed by atoms with Crippen molar-refractivity contribution < 1.29 is 13.6 Å². The molecule has 1 aliphatic heterocycles. The highest BCUT2D eigenvalue weighted by Gasteiger charge is 2.38. The summed E-state index contributed by atoms with van der Waals surface area (Å²) in [6, 6.07) is 4.68. The lowest BCUT2D eigenvalue weighted by Gasteiger charge is -2.32. The van der Waals surface area contributed by atoms with Gasteiger partial charge in [0, 0.05) is 37.3 Å². The van der Waals surface area contributed by atoms with E-state index >= 15 is 0 Å². The van der Waals surface area contributed by atoms with E-state index in [4.69, 9.17) is 4.42 Å². The Kier molecular flexibility index (Phi) is 4.16. The van der Waals surface area contributed by atoms with E-state index in [1.54, 1.807) is 47.1 Å². The zero-order valence-electron chi connectivity index (χ0n) is 15.4. The van der Waals surface area contributed by atoms with Crippen molar-refractivity contribution in [3.05, 3.63) is 65.1 Å². The maximum absolute atomic E-state index is 14.0. The molecule has 5 heterocycles. The van der Waals surface area contributed by atoms with Gasteiger partial charge in [0.1, 0.15) is 12.0 Å². The number of aromatic nitrogens is 6. The number of aryl methyl sites for hydroxylation is 1. The summed E-state index contributed by atoms with van der Waals surface area (Å²) in [5.41, 5.74) is 3.36. The number of H-pyrrole nitrogens is 1. The smallest absolute Gasteiger partial charge is 0.312 e. The van der Waals surface area contributed by atoms with Gasteiger partial charge in [-0.15, -0.1) is 10.2 Å². The largest absolute Gasteiger partial charge is 0.417 e. The standard InChI is InChI=1S/C18H17FN7O2P/c1-9-22-23-17(28-9)18(27)25-6-4-11-14(21-8-20-11)15(25)12-7-13-10(16(19)29)3-2-5-26(13)24-12/h2-3,5,7-8,15-16H,4,6,29H2,1H3,(H,20,21)/t15-,16?/m0/s1. The number of amides is 1. The Morgan fingerprint density at radius 1 is 1.45 bits per heavy atom. The maximum atomic E-state index is 14.0. The number of alkyl halides is 1. The number of nitrogens with zero attached hydrogens (tertiary/aromatic N) is 6. The van der Waals surface area contributed by atoms with Crippen molar-refractivity contribution in [2.24, 2.45) is 0 Å². The van der Waals surface area contributed by atoms with Gasteiger partial charge in [0.25, 0.3) is 0 Å². The predicted molar refractivity (Wildman–Crippen MR) is 103 cm³/mol. The molecular formula is C18H17FN7O2P. The number of pyridine rings is 1. The average Bonchev–Trinajstić information content (AvgIpc) is 3.44. The number of nitrogens with one attached hydrogen (secondary N) is 1. The molecule has 0 saturated heterocycles. The van der Waals surface area contributed by atoms with Crippen LogP contribution in [0, 0.1) is 6.92 Å². The lowest BCUT2D eigenvalue weighted by molar-refractivity contribution is 0.0644. The normalized spacial score (nSPS) is 17.5.